The summed E-state index contributed by atoms with van der Waals surface area (Å²) < 4.78 is 0. The molecule has 0 bridgehead atoms. The number of piperidine rings is 1. The first-order chi connectivity index (χ1) is 5.47. The second-order valence-corrected chi connectivity index (χ2v) is 3.44. The third kappa shape index (κ3) is 2.19. The summed E-state index contributed by atoms with van der Waals surface area (Å²) in [7, 11) is 0. The summed E-state index contributed by atoms with van der Waals surface area (Å²) in [5, 5.41) is 3.46. The molecule has 0 aromatic rings. The fourth-order valence-corrected chi connectivity index (χ4v) is 2.34. The van der Waals surface area contributed by atoms with Crippen LogP contribution >= 0.6 is 0 Å². The Hall–Kier alpha value is -0.0400. The van der Waals surface area contributed by atoms with Crippen molar-refractivity contribution in [1.29, 1.82) is 0 Å². The van der Waals surface area contributed by atoms with Gasteiger partial charge >= 0.3 is 0 Å². The molecule has 1 saturated carbocycles. The molecule has 11 heavy (non-hydrogen) atoms. The molecule has 1 heterocycles. The fourth-order valence-electron chi connectivity index (χ4n) is 2.34. The smallest absolute Gasteiger partial charge is 0.00179 e. The first-order valence-corrected chi connectivity index (χ1v) is 5.17. The summed E-state index contributed by atoms with van der Waals surface area (Å²) >= 11 is 0. The molecule has 0 radical (unpaired) electrons. The van der Waals surface area contributed by atoms with E-state index in [1.165, 1.54) is 38.8 Å². The van der Waals surface area contributed by atoms with Crippen molar-refractivity contribution in [3.05, 3.63) is 0 Å². The van der Waals surface area contributed by atoms with E-state index in [9.17, 15) is 0 Å². The molecule has 1 aliphatic carbocycles. The van der Waals surface area contributed by atoms with E-state index in [0.717, 1.165) is 11.8 Å². The monoisotopic (exact) mass is 155 g/mol. The molecule has 1 N–H and O–H groups in total. The summed E-state index contributed by atoms with van der Waals surface area (Å²) in [5.74, 6) is 2.16. The summed E-state index contributed by atoms with van der Waals surface area (Å²) in [6, 6.07) is 0. The van der Waals surface area contributed by atoms with Gasteiger partial charge in [-0.1, -0.05) is 26.7 Å². The van der Waals surface area contributed by atoms with Crippen LogP contribution in [0.5, 0.6) is 0 Å². The highest BCUT2D eigenvalue weighted by molar-refractivity contribution is 4.82. The van der Waals surface area contributed by atoms with Crippen molar-refractivity contribution >= 4 is 0 Å². The van der Waals surface area contributed by atoms with Crippen molar-refractivity contribution in [2.45, 2.75) is 39.5 Å². The lowest BCUT2D eigenvalue weighted by Gasteiger charge is -2.25. The standard InChI is InChI=1S/C8H15N.C2H6/c1-2-7-4-5-9-6-8(7)3-1;1-2/h7-9H,1-6H2;1-2H3/t7-,8+;/m0./s1. The van der Waals surface area contributed by atoms with Gasteiger partial charge in [-0.05, 0) is 37.8 Å². The molecule has 2 atom stereocenters. The highest BCUT2D eigenvalue weighted by Gasteiger charge is 2.28. The van der Waals surface area contributed by atoms with Crippen molar-refractivity contribution in [3.8, 4) is 0 Å². The molecule has 0 aromatic heterocycles. The van der Waals surface area contributed by atoms with Crippen molar-refractivity contribution in [1.82, 2.24) is 5.32 Å². The van der Waals surface area contributed by atoms with Gasteiger partial charge in [0, 0.05) is 0 Å². The minimum absolute atomic E-state index is 1.05. The van der Waals surface area contributed by atoms with Crippen LogP contribution in [0.1, 0.15) is 39.5 Å². The first-order valence-electron chi connectivity index (χ1n) is 5.17. The van der Waals surface area contributed by atoms with E-state index in [0.29, 0.717) is 0 Å². The Morgan fingerprint density at radius 1 is 1.00 bits per heavy atom. The average molecular weight is 155 g/mol. The fraction of sp³-hybridized carbons (Fsp3) is 1.00. The first kappa shape index (κ1) is 9.05. The molecule has 0 aromatic carbocycles. The van der Waals surface area contributed by atoms with E-state index in [1.807, 2.05) is 13.8 Å². The Morgan fingerprint density at radius 3 is 2.45 bits per heavy atom. The molecular weight excluding hydrogens is 134 g/mol. The number of hydrogen-bond acceptors (Lipinski definition) is 1. The van der Waals surface area contributed by atoms with Gasteiger partial charge in [0.25, 0.3) is 0 Å². The average Bonchev–Trinajstić information content (AvgIpc) is 2.55. The summed E-state index contributed by atoms with van der Waals surface area (Å²) in [5.41, 5.74) is 0. The van der Waals surface area contributed by atoms with E-state index in [1.54, 1.807) is 0 Å². The van der Waals surface area contributed by atoms with E-state index < -0.39 is 0 Å². The van der Waals surface area contributed by atoms with Crippen LogP contribution in [-0.2, 0) is 0 Å². The van der Waals surface area contributed by atoms with Crippen molar-refractivity contribution < 1.29 is 0 Å². The lowest BCUT2D eigenvalue weighted by Crippen LogP contribution is -2.33. The minimum Gasteiger partial charge on any atom is -0.316 e. The third-order valence-electron chi connectivity index (χ3n) is 2.91. The van der Waals surface area contributed by atoms with Gasteiger partial charge in [0.15, 0.2) is 0 Å². The zero-order valence-corrected chi connectivity index (χ0v) is 7.90. The van der Waals surface area contributed by atoms with E-state index in [-0.39, 0.29) is 0 Å². The zero-order chi connectivity index (χ0) is 8.10. The van der Waals surface area contributed by atoms with Crippen molar-refractivity contribution in [2.24, 2.45) is 11.8 Å². The molecule has 1 saturated heterocycles. The largest absolute Gasteiger partial charge is 0.316 e. The van der Waals surface area contributed by atoms with Crippen molar-refractivity contribution in [3.63, 3.8) is 0 Å². The molecule has 1 nitrogen and oxygen atoms in total. The Morgan fingerprint density at radius 2 is 1.73 bits per heavy atom. The molecule has 0 spiro atoms. The number of rotatable bonds is 0. The topological polar surface area (TPSA) is 12.0 Å². The van der Waals surface area contributed by atoms with E-state index >= 15 is 0 Å². The van der Waals surface area contributed by atoms with Crippen LogP contribution in [0.4, 0.5) is 0 Å². The number of nitrogens with one attached hydrogen (secondary N) is 1. The SMILES string of the molecule is C1C[C@H]2CCNC[C@H]2C1.CC. The van der Waals surface area contributed by atoms with Crippen LogP contribution in [0.3, 0.4) is 0 Å². The van der Waals surface area contributed by atoms with Crippen LogP contribution in [0.2, 0.25) is 0 Å². The third-order valence-corrected chi connectivity index (χ3v) is 2.91. The molecule has 0 unspecified atom stereocenters. The normalized spacial score (nSPS) is 35.5. The molecule has 2 rings (SSSR count). The molecule has 1 heteroatoms. The zero-order valence-electron chi connectivity index (χ0n) is 7.90. The number of hydrogen-bond donors (Lipinski definition) is 1. The van der Waals surface area contributed by atoms with Gasteiger partial charge in [0.2, 0.25) is 0 Å². The molecular formula is C10H21N. The van der Waals surface area contributed by atoms with E-state index in [4.69, 9.17) is 0 Å². The van der Waals surface area contributed by atoms with Gasteiger partial charge in [0.1, 0.15) is 0 Å². The van der Waals surface area contributed by atoms with Crippen LogP contribution in [0.15, 0.2) is 0 Å². The Balaban J connectivity index is 0.000000281. The Labute approximate surface area is 70.6 Å². The van der Waals surface area contributed by atoms with Gasteiger partial charge in [0.05, 0.1) is 0 Å². The van der Waals surface area contributed by atoms with Crippen LogP contribution in [-0.4, -0.2) is 13.1 Å². The number of fused-ring (bicyclic) bond motifs is 1. The second kappa shape index (κ2) is 4.76. The van der Waals surface area contributed by atoms with Crippen LogP contribution in [0, 0.1) is 11.8 Å². The lowest BCUT2D eigenvalue weighted by atomic mass is 9.90. The second-order valence-electron chi connectivity index (χ2n) is 3.44. The summed E-state index contributed by atoms with van der Waals surface area (Å²) in [6.07, 6.45) is 5.96. The molecule has 2 aliphatic rings. The Kier molecular flexibility index (Phi) is 3.92. The minimum atomic E-state index is 1.05. The quantitative estimate of drug-likeness (QED) is 0.566. The highest BCUT2D eigenvalue weighted by Crippen LogP contribution is 2.34. The maximum absolute atomic E-state index is 3.46. The Bertz CT molecular complexity index is 89.0. The lowest BCUT2D eigenvalue weighted by molar-refractivity contribution is 0.295. The van der Waals surface area contributed by atoms with Gasteiger partial charge in [-0.25, -0.2) is 0 Å². The van der Waals surface area contributed by atoms with Crippen LogP contribution in [0.25, 0.3) is 0 Å². The van der Waals surface area contributed by atoms with Gasteiger partial charge in [-0.3, -0.25) is 0 Å². The summed E-state index contributed by atoms with van der Waals surface area (Å²) in [4.78, 5) is 0. The van der Waals surface area contributed by atoms with Gasteiger partial charge in [-0.2, -0.15) is 0 Å². The summed E-state index contributed by atoms with van der Waals surface area (Å²) in [6.45, 7) is 6.59. The van der Waals surface area contributed by atoms with Crippen LogP contribution < -0.4 is 5.32 Å². The predicted octanol–water partition coefficient (Wildman–Crippen LogP) is 2.42. The predicted molar refractivity (Wildman–Crippen MR) is 49.7 cm³/mol. The maximum Gasteiger partial charge on any atom is -0.00179 e. The maximum atomic E-state index is 3.46. The van der Waals surface area contributed by atoms with Gasteiger partial charge in [-0.15, -0.1) is 0 Å². The highest BCUT2D eigenvalue weighted by atomic mass is 14.9. The molecule has 1 aliphatic heterocycles. The molecule has 0 amide bonds. The molecule has 2 fully saturated rings. The van der Waals surface area contributed by atoms with Crippen molar-refractivity contribution in [2.75, 3.05) is 13.1 Å². The molecule has 66 valence electrons. The van der Waals surface area contributed by atoms with Gasteiger partial charge < -0.3 is 5.32 Å². The van der Waals surface area contributed by atoms with E-state index in [2.05, 4.69) is 5.32 Å².